The molecule has 6 heteroatoms. The molecule has 2 rings (SSSR count). The van der Waals surface area contributed by atoms with Crippen molar-refractivity contribution in [2.24, 2.45) is 0 Å². The number of hydrogen-bond acceptors (Lipinski definition) is 1. The third-order valence-corrected chi connectivity index (χ3v) is 2.72. The van der Waals surface area contributed by atoms with Crippen molar-refractivity contribution in [3.05, 3.63) is 41.6 Å². The third-order valence-electron chi connectivity index (χ3n) is 2.72. The van der Waals surface area contributed by atoms with E-state index in [4.69, 9.17) is 0 Å². The largest absolute Gasteiger partial charge is 0.269 e. The average molecular weight is 272 g/mol. The van der Waals surface area contributed by atoms with Crippen molar-refractivity contribution in [2.45, 2.75) is 26.3 Å². The van der Waals surface area contributed by atoms with E-state index in [2.05, 4.69) is 5.10 Å². The summed E-state index contributed by atoms with van der Waals surface area (Å²) in [5, 5.41) is 4.02. The highest BCUT2D eigenvalue weighted by atomic mass is 19.3. The number of aromatic nitrogens is 2. The van der Waals surface area contributed by atoms with E-state index in [-0.39, 0.29) is 22.9 Å². The zero-order valence-electron chi connectivity index (χ0n) is 10.4. The molecule has 0 N–H and O–H groups in total. The second-order valence-corrected chi connectivity index (χ2v) is 4.44. The molecule has 19 heavy (non-hydrogen) atoms. The molecule has 0 saturated heterocycles. The minimum atomic E-state index is -2.73. The highest BCUT2D eigenvalue weighted by Gasteiger charge is 2.20. The van der Waals surface area contributed by atoms with Gasteiger partial charge in [0.1, 0.15) is 5.69 Å². The number of benzene rings is 1. The first-order chi connectivity index (χ1) is 8.90. The van der Waals surface area contributed by atoms with Gasteiger partial charge in [0.2, 0.25) is 0 Å². The van der Waals surface area contributed by atoms with Crippen LogP contribution in [-0.2, 0) is 0 Å². The summed E-state index contributed by atoms with van der Waals surface area (Å²) >= 11 is 0. The van der Waals surface area contributed by atoms with Gasteiger partial charge in [-0.1, -0.05) is 0 Å². The normalized spacial score (nSPS) is 11.6. The minimum absolute atomic E-state index is 0.0254. The van der Waals surface area contributed by atoms with Gasteiger partial charge < -0.3 is 0 Å². The van der Waals surface area contributed by atoms with Gasteiger partial charge >= 0.3 is 0 Å². The van der Waals surface area contributed by atoms with Gasteiger partial charge in [-0.2, -0.15) is 5.10 Å². The SMILES string of the molecule is CC(C)n1cc(C(F)F)c(-c2ccc(F)c(F)c2)n1. The van der Waals surface area contributed by atoms with Crippen molar-refractivity contribution in [1.82, 2.24) is 9.78 Å². The fraction of sp³-hybridized carbons (Fsp3) is 0.308. The molecule has 1 aromatic heterocycles. The van der Waals surface area contributed by atoms with Gasteiger partial charge in [-0.15, -0.1) is 0 Å². The van der Waals surface area contributed by atoms with E-state index in [1.165, 1.54) is 16.9 Å². The van der Waals surface area contributed by atoms with Crippen LogP contribution in [0.25, 0.3) is 11.3 Å². The predicted octanol–water partition coefficient (Wildman–Crippen LogP) is 4.35. The molecule has 0 radical (unpaired) electrons. The summed E-state index contributed by atoms with van der Waals surface area (Å²) in [6, 6.07) is 2.90. The molecule has 102 valence electrons. The molecule has 0 aliphatic carbocycles. The maximum atomic E-state index is 13.2. The highest BCUT2D eigenvalue weighted by molar-refractivity contribution is 5.63. The Morgan fingerprint density at radius 1 is 1.11 bits per heavy atom. The molecule has 0 amide bonds. The Bertz CT molecular complexity index is 590. The fourth-order valence-electron chi connectivity index (χ4n) is 1.70. The molecule has 0 bridgehead atoms. The Hall–Kier alpha value is -1.85. The van der Waals surface area contributed by atoms with Crippen LogP contribution in [0.3, 0.4) is 0 Å². The monoisotopic (exact) mass is 272 g/mol. The maximum Gasteiger partial charge on any atom is 0.267 e. The molecule has 0 fully saturated rings. The van der Waals surface area contributed by atoms with Crippen molar-refractivity contribution in [2.75, 3.05) is 0 Å². The summed E-state index contributed by atoms with van der Waals surface area (Å²) in [7, 11) is 0. The number of alkyl halides is 2. The molecule has 2 aromatic rings. The lowest BCUT2D eigenvalue weighted by Crippen LogP contribution is -2.00. The molecule has 1 heterocycles. The summed E-state index contributed by atoms with van der Waals surface area (Å²) < 4.78 is 53.3. The number of halogens is 4. The quantitative estimate of drug-likeness (QED) is 0.760. The van der Waals surface area contributed by atoms with E-state index in [1.54, 1.807) is 13.8 Å². The lowest BCUT2D eigenvalue weighted by atomic mass is 10.1. The zero-order valence-corrected chi connectivity index (χ0v) is 10.4. The summed E-state index contributed by atoms with van der Waals surface area (Å²) in [6.45, 7) is 3.58. The molecule has 2 nitrogen and oxygen atoms in total. The standard InChI is InChI=1S/C13H12F4N2/c1-7(2)19-6-9(13(16)17)12(18-19)8-3-4-10(14)11(15)5-8/h3-7,13H,1-2H3. The summed E-state index contributed by atoms with van der Waals surface area (Å²) in [5.74, 6) is -2.11. The van der Waals surface area contributed by atoms with Crippen LogP contribution < -0.4 is 0 Å². The lowest BCUT2D eigenvalue weighted by molar-refractivity contribution is 0.152. The first-order valence-electron chi connectivity index (χ1n) is 5.72. The summed E-state index contributed by atoms with van der Waals surface area (Å²) in [6.07, 6.45) is -1.50. The van der Waals surface area contributed by atoms with Crippen LogP contribution in [0, 0.1) is 11.6 Å². The molecule has 0 aliphatic rings. The first-order valence-corrected chi connectivity index (χ1v) is 5.72. The molecule has 0 unspecified atom stereocenters. The van der Waals surface area contributed by atoms with Crippen LogP contribution in [-0.4, -0.2) is 9.78 Å². The van der Waals surface area contributed by atoms with E-state index in [0.29, 0.717) is 0 Å². The van der Waals surface area contributed by atoms with Gasteiger partial charge in [-0.25, -0.2) is 17.6 Å². The number of nitrogens with zero attached hydrogens (tertiary/aromatic N) is 2. The van der Waals surface area contributed by atoms with Crippen LogP contribution in [0.15, 0.2) is 24.4 Å². The van der Waals surface area contributed by atoms with E-state index in [0.717, 1.165) is 12.1 Å². The summed E-state index contributed by atoms with van der Waals surface area (Å²) in [5.41, 5.74) is -0.184. The smallest absolute Gasteiger partial charge is 0.267 e. The van der Waals surface area contributed by atoms with Crippen molar-refractivity contribution in [1.29, 1.82) is 0 Å². The van der Waals surface area contributed by atoms with Gasteiger partial charge in [0.25, 0.3) is 6.43 Å². The minimum Gasteiger partial charge on any atom is -0.269 e. The van der Waals surface area contributed by atoms with E-state index in [1.807, 2.05) is 0 Å². The van der Waals surface area contributed by atoms with Gasteiger partial charge in [0, 0.05) is 17.8 Å². The molecule has 0 aliphatic heterocycles. The molecular weight excluding hydrogens is 260 g/mol. The Morgan fingerprint density at radius 3 is 2.32 bits per heavy atom. The third kappa shape index (κ3) is 2.62. The van der Waals surface area contributed by atoms with Crippen LogP contribution in [0.5, 0.6) is 0 Å². The van der Waals surface area contributed by atoms with Gasteiger partial charge in [-0.3, -0.25) is 4.68 Å². The Labute approximate surface area is 107 Å². The molecule has 0 spiro atoms. The Balaban J connectivity index is 2.56. The molecule has 0 atom stereocenters. The van der Waals surface area contributed by atoms with Crippen LogP contribution in [0.2, 0.25) is 0 Å². The topological polar surface area (TPSA) is 17.8 Å². The molecule has 0 saturated carbocycles. The Morgan fingerprint density at radius 2 is 1.79 bits per heavy atom. The average Bonchev–Trinajstić information content (AvgIpc) is 2.78. The number of hydrogen-bond donors (Lipinski definition) is 0. The van der Waals surface area contributed by atoms with Crippen molar-refractivity contribution < 1.29 is 17.6 Å². The van der Waals surface area contributed by atoms with E-state index < -0.39 is 18.1 Å². The molecule has 1 aromatic carbocycles. The highest BCUT2D eigenvalue weighted by Crippen LogP contribution is 2.31. The zero-order chi connectivity index (χ0) is 14.2. The van der Waals surface area contributed by atoms with Crippen LogP contribution in [0.4, 0.5) is 17.6 Å². The van der Waals surface area contributed by atoms with Gasteiger partial charge in [-0.05, 0) is 32.0 Å². The van der Waals surface area contributed by atoms with Crippen LogP contribution in [0.1, 0.15) is 31.9 Å². The maximum absolute atomic E-state index is 13.2. The fourth-order valence-corrected chi connectivity index (χ4v) is 1.70. The first kappa shape index (κ1) is 13.6. The second-order valence-electron chi connectivity index (χ2n) is 4.44. The summed E-state index contributed by atoms with van der Waals surface area (Å²) in [4.78, 5) is 0. The van der Waals surface area contributed by atoms with Crippen molar-refractivity contribution in [3.63, 3.8) is 0 Å². The van der Waals surface area contributed by atoms with Crippen molar-refractivity contribution >= 4 is 0 Å². The van der Waals surface area contributed by atoms with E-state index in [9.17, 15) is 17.6 Å². The van der Waals surface area contributed by atoms with Gasteiger partial charge in [0.15, 0.2) is 11.6 Å². The Kier molecular flexibility index (Phi) is 3.59. The van der Waals surface area contributed by atoms with Gasteiger partial charge in [0.05, 0.1) is 5.56 Å². The predicted molar refractivity (Wildman–Crippen MR) is 62.9 cm³/mol. The van der Waals surface area contributed by atoms with Crippen LogP contribution >= 0.6 is 0 Å². The van der Waals surface area contributed by atoms with Crippen molar-refractivity contribution in [3.8, 4) is 11.3 Å². The van der Waals surface area contributed by atoms with E-state index >= 15 is 0 Å². The lowest BCUT2D eigenvalue weighted by Gasteiger charge is -2.04. The second kappa shape index (κ2) is 5.03. The molecular formula is C13H12F4N2. The number of rotatable bonds is 3.